The number of carbonyl (C=O) groups is 1. The largest absolute Gasteiger partial charge is 0.495 e. The Bertz CT molecular complexity index is 486. The van der Waals surface area contributed by atoms with Gasteiger partial charge in [0.2, 0.25) is 0 Å². The quantitative estimate of drug-likeness (QED) is 0.890. The third-order valence-corrected chi connectivity index (χ3v) is 3.86. The molecular formula is C14H18FNO3. The Hall–Kier alpha value is -1.78. The Morgan fingerprint density at radius 1 is 1.53 bits per heavy atom. The maximum Gasteiger partial charge on any atom is 0.311 e. The molecule has 4 nitrogen and oxygen atoms in total. The Morgan fingerprint density at radius 2 is 2.21 bits per heavy atom. The van der Waals surface area contributed by atoms with Gasteiger partial charge in [-0.25, -0.2) is 4.39 Å². The molecule has 0 atom stereocenters. The maximum absolute atomic E-state index is 13.3. The van der Waals surface area contributed by atoms with E-state index in [4.69, 9.17) is 4.74 Å². The SMILES string of the molecule is COc1ccc(F)cc1N(C)CC1(C(=O)O)CCC1. The number of hydrogen-bond donors (Lipinski definition) is 1. The average molecular weight is 267 g/mol. The fraction of sp³-hybridized carbons (Fsp3) is 0.500. The van der Waals surface area contributed by atoms with Crippen molar-refractivity contribution in [2.45, 2.75) is 19.3 Å². The van der Waals surface area contributed by atoms with Crippen molar-refractivity contribution < 1.29 is 19.0 Å². The molecule has 0 bridgehead atoms. The van der Waals surface area contributed by atoms with Gasteiger partial charge >= 0.3 is 5.97 Å². The molecule has 0 saturated heterocycles. The number of rotatable bonds is 5. The van der Waals surface area contributed by atoms with Crippen molar-refractivity contribution >= 4 is 11.7 Å². The van der Waals surface area contributed by atoms with E-state index in [1.165, 1.54) is 19.2 Å². The molecule has 0 radical (unpaired) electrons. The van der Waals surface area contributed by atoms with E-state index < -0.39 is 11.4 Å². The standard InChI is InChI=1S/C14H18FNO3/c1-16(9-14(13(17)18)6-3-7-14)11-8-10(15)4-5-12(11)19-2/h4-5,8H,3,6-7,9H2,1-2H3,(H,17,18). The van der Waals surface area contributed by atoms with Crippen LogP contribution in [0.4, 0.5) is 10.1 Å². The van der Waals surface area contributed by atoms with E-state index in [2.05, 4.69) is 0 Å². The molecule has 1 fully saturated rings. The van der Waals surface area contributed by atoms with Crippen molar-refractivity contribution in [3.8, 4) is 5.75 Å². The first-order valence-electron chi connectivity index (χ1n) is 6.26. The summed E-state index contributed by atoms with van der Waals surface area (Å²) in [5.41, 5.74) is -0.124. The summed E-state index contributed by atoms with van der Waals surface area (Å²) in [5, 5.41) is 9.33. The number of carboxylic acids is 1. The zero-order valence-corrected chi connectivity index (χ0v) is 11.1. The van der Waals surface area contributed by atoms with E-state index in [1.807, 2.05) is 0 Å². The second kappa shape index (κ2) is 5.07. The zero-order valence-electron chi connectivity index (χ0n) is 11.1. The lowest BCUT2D eigenvalue weighted by atomic mass is 9.68. The second-order valence-electron chi connectivity index (χ2n) is 5.11. The van der Waals surface area contributed by atoms with Gasteiger partial charge in [0.1, 0.15) is 11.6 Å². The molecule has 0 unspecified atom stereocenters. The average Bonchev–Trinajstić information content (AvgIpc) is 2.33. The van der Waals surface area contributed by atoms with Crippen LogP contribution in [0.25, 0.3) is 0 Å². The number of methoxy groups -OCH3 is 1. The molecule has 1 aliphatic rings. The van der Waals surface area contributed by atoms with Crippen LogP contribution in [0.3, 0.4) is 0 Å². The second-order valence-corrected chi connectivity index (χ2v) is 5.11. The summed E-state index contributed by atoms with van der Waals surface area (Å²) < 4.78 is 18.5. The zero-order chi connectivity index (χ0) is 14.0. The number of hydrogen-bond acceptors (Lipinski definition) is 3. The molecule has 0 aromatic heterocycles. The van der Waals surface area contributed by atoms with Gasteiger partial charge in [0.25, 0.3) is 0 Å². The number of carboxylic acid groups (broad SMARTS) is 1. The van der Waals surface area contributed by atoms with Gasteiger partial charge in [-0.1, -0.05) is 6.42 Å². The molecule has 0 amide bonds. The van der Waals surface area contributed by atoms with Crippen molar-refractivity contribution in [2.24, 2.45) is 5.41 Å². The van der Waals surface area contributed by atoms with Gasteiger partial charge in [0, 0.05) is 19.7 Å². The predicted octanol–water partition coefficient (Wildman–Crippen LogP) is 2.53. The van der Waals surface area contributed by atoms with Gasteiger partial charge in [0.15, 0.2) is 0 Å². The van der Waals surface area contributed by atoms with Gasteiger partial charge in [-0.15, -0.1) is 0 Å². The highest BCUT2D eigenvalue weighted by molar-refractivity contribution is 5.77. The van der Waals surface area contributed by atoms with E-state index in [9.17, 15) is 14.3 Å². The number of ether oxygens (including phenoxy) is 1. The Morgan fingerprint density at radius 3 is 2.68 bits per heavy atom. The van der Waals surface area contributed by atoms with Crippen LogP contribution in [-0.4, -0.2) is 31.8 Å². The maximum atomic E-state index is 13.3. The van der Waals surface area contributed by atoms with Gasteiger partial charge in [-0.3, -0.25) is 4.79 Å². The molecule has 0 heterocycles. The van der Waals surface area contributed by atoms with Gasteiger partial charge in [-0.05, 0) is 25.0 Å². The Balaban J connectivity index is 2.22. The van der Waals surface area contributed by atoms with Gasteiger partial charge in [-0.2, -0.15) is 0 Å². The lowest BCUT2D eigenvalue weighted by Crippen LogP contribution is -2.46. The smallest absolute Gasteiger partial charge is 0.311 e. The first-order chi connectivity index (χ1) is 8.98. The first kappa shape index (κ1) is 13.6. The van der Waals surface area contributed by atoms with Crippen LogP contribution in [0, 0.1) is 11.2 Å². The molecule has 0 aliphatic heterocycles. The molecule has 5 heteroatoms. The molecule has 1 aromatic carbocycles. The monoisotopic (exact) mass is 267 g/mol. The number of nitrogens with zero attached hydrogens (tertiary/aromatic N) is 1. The Kier molecular flexibility index (Phi) is 3.64. The minimum atomic E-state index is -0.777. The van der Waals surface area contributed by atoms with Crippen molar-refractivity contribution in [3.63, 3.8) is 0 Å². The minimum Gasteiger partial charge on any atom is -0.495 e. The highest BCUT2D eigenvalue weighted by atomic mass is 19.1. The summed E-state index contributed by atoms with van der Waals surface area (Å²) in [4.78, 5) is 13.1. The molecule has 1 N–H and O–H groups in total. The van der Waals surface area contributed by atoms with Crippen LogP contribution in [0.2, 0.25) is 0 Å². The highest BCUT2D eigenvalue weighted by Gasteiger charge is 2.45. The van der Waals surface area contributed by atoms with Crippen molar-refractivity contribution in [1.29, 1.82) is 0 Å². The lowest BCUT2D eigenvalue weighted by molar-refractivity contribution is -0.153. The third kappa shape index (κ3) is 2.50. The topological polar surface area (TPSA) is 49.8 Å². The highest BCUT2D eigenvalue weighted by Crippen LogP contribution is 2.43. The summed E-state index contributed by atoms with van der Waals surface area (Å²) >= 11 is 0. The minimum absolute atomic E-state index is 0.361. The van der Waals surface area contributed by atoms with E-state index >= 15 is 0 Å². The molecular weight excluding hydrogens is 249 g/mol. The molecule has 1 saturated carbocycles. The molecule has 0 spiro atoms. The molecule has 19 heavy (non-hydrogen) atoms. The van der Waals surface area contributed by atoms with Crippen molar-refractivity contribution in [2.75, 3.05) is 25.6 Å². The molecule has 2 rings (SSSR count). The predicted molar refractivity (Wildman–Crippen MR) is 70.1 cm³/mol. The summed E-state index contributed by atoms with van der Waals surface area (Å²) in [7, 11) is 3.28. The first-order valence-corrected chi connectivity index (χ1v) is 6.26. The van der Waals surface area contributed by atoms with Crippen molar-refractivity contribution in [1.82, 2.24) is 0 Å². The van der Waals surface area contributed by atoms with Crippen LogP contribution >= 0.6 is 0 Å². The number of aliphatic carboxylic acids is 1. The fourth-order valence-corrected chi connectivity index (χ4v) is 2.54. The summed E-state index contributed by atoms with van der Waals surface area (Å²) in [6.07, 6.45) is 2.27. The van der Waals surface area contributed by atoms with Gasteiger partial charge < -0.3 is 14.7 Å². The molecule has 104 valence electrons. The summed E-state index contributed by atoms with van der Waals surface area (Å²) in [6, 6.07) is 4.24. The van der Waals surface area contributed by atoms with Gasteiger partial charge in [0.05, 0.1) is 18.2 Å². The van der Waals surface area contributed by atoms with E-state index in [0.717, 1.165) is 6.42 Å². The number of benzene rings is 1. The van der Waals surface area contributed by atoms with E-state index in [0.29, 0.717) is 30.8 Å². The van der Waals surface area contributed by atoms with Crippen LogP contribution in [0.15, 0.2) is 18.2 Å². The Labute approximate surface area is 111 Å². The van der Waals surface area contributed by atoms with E-state index in [1.54, 1.807) is 18.0 Å². The van der Waals surface area contributed by atoms with Crippen molar-refractivity contribution in [3.05, 3.63) is 24.0 Å². The number of anilines is 1. The summed E-state index contributed by atoms with van der Waals surface area (Å²) in [6.45, 7) is 0.363. The summed E-state index contributed by atoms with van der Waals surface area (Å²) in [5.74, 6) is -0.592. The van der Waals surface area contributed by atoms with Crippen LogP contribution < -0.4 is 9.64 Å². The number of halogens is 1. The fourth-order valence-electron chi connectivity index (χ4n) is 2.54. The third-order valence-electron chi connectivity index (χ3n) is 3.86. The van der Waals surface area contributed by atoms with E-state index in [-0.39, 0.29) is 5.82 Å². The van der Waals surface area contributed by atoms with Crippen LogP contribution in [0.1, 0.15) is 19.3 Å². The normalized spacial score (nSPS) is 16.6. The van der Waals surface area contributed by atoms with Crippen LogP contribution in [0.5, 0.6) is 5.75 Å². The lowest BCUT2D eigenvalue weighted by Gasteiger charge is -2.41. The van der Waals surface area contributed by atoms with Crippen LogP contribution in [-0.2, 0) is 4.79 Å². The molecule has 1 aromatic rings. The molecule has 1 aliphatic carbocycles.